The minimum Gasteiger partial charge on any atom is -0.480 e. The maximum atomic E-state index is 11.0. The third-order valence-corrected chi connectivity index (χ3v) is 2.73. The quantitative estimate of drug-likeness (QED) is 0.786. The van der Waals surface area contributed by atoms with E-state index in [9.17, 15) is 4.79 Å². The average Bonchev–Trinajstić information content (AvgIpc) is 2.74. The van der Waals surface area contributed by atoms with Gasteiger partial charge in [-0.05, 0) is 18.2 Å². The monoisotopic (exact) mass is 260 g/mol. The maximum absolute atomic E-state index is 11.0. The van der Waals surface area contributed by atoms with Crippen molar-refractivity contribution in [3.05, 3.63) is 42.2 Å². The molecule has 0 atom stereocenters. The number of rotatable bonds is 5. The van der Waals surface area contributed by atoms with Crippen LogP contribution in [0.25, 0.3) is 0 Å². The van der Waals surface area contributed by atoms with Gasteiger partial charge in [0.1, 0.15) is 6.54 Å². The van der Waals surface area contributed by atoms with Gasteiger partial charge in [0.25, 0.3) is 0 Å². The number of aryl methyl sites for hydroxylation is 1. The Bertz CT molecular complexity index is 580. The van der Waals surface area contributed by atoms with E-state index in [-0.39, 0.29) is 6.54 Å². The Balaban J connectivity index is 2.26. The summed E-state index contributed by atoms with van der Waals surface area (Å²) in [7, 11) is 1.82. The highest BCUT2D eigenvalue weighted by Gasteiger charge is 2.14. The Morgan fingerprint density at radius 1 is 1.42 bits per heavy atom. The topological polar surface area (TPSA) is 84.4 Å². The van der Waals surface area contributed by atoms with Crippen LogP contribution < -0.4 is 10.6 Å². The lowest BCUT2D eigenvalue weighted by Gasteiger charge is -2.23. The maximum Gasteiger partial charge on any atom is 0.323 e. The van der Waals surface area contributed by atoms with Crippen LogP contribution in [0.15, 0.2) is 36.5 Å². The van der Waals surface area contributed by atoms with Crippen molar-refractivity contribution in [2.45, 2.75) is 6.54 Å². The standard InChI is InChI=1S/C13H16N4O2/c1-16-7-6-10(15-16)8-17(9-13(18)19)12-5-3-2-4-11(12)14/h2-7H,8-9,14H2,1H3,(H,18,19). The molecule has 19 heavy (non-hydrogen) atoms. The number of anilines is 2. The third kappa shape index (κ3) is 3.25. The predicted molar refractivity (Wildman–Crippen MR) is 72.7 cm³/mol. The van der Waals surface area contributed by atoms with Gasteiger partial charge < -0.3 is 15.7 Å². The van der Waals surface area contributed by atoms with Gasteiger partial charge in [-0.25, -0.2) is 0 Å². The van der Waals surface area contributed by atoms with Gasteiger partial charge in [0.15, 0.2) is 0 Å². The summed E-state index contributed by atoms with van der Waals surface area (Å²) in [5.74, 6) is -0.904. The molecule has 0 aliphatic carbocycles. The van der Waals surface area contributed by atoms with E-state index in [1.54, 1.807) is 21.7 Å². The highest BCUT2D eigenvalue weighted by Crippen LogP contribution is 2.23. The fourth-order valence-electron chi connectivity index (χ4n) is 1.91. The predicted octanol–water partition coefficient (Wildman–Crippen LogP) is 1.09. The SMILES string of the molecule is Cn1ccc(CN(CC(=O)O)c2ccccc2N)n1. The van der Waals surface area contributed by atoms with Gasteiger partial charge in [-0.15, -0.1) is 0 Å². The minimum atomic E-state index is -0.904. The molecule has 3 N–H and O–H groups in total. The second kappa shape index (κ2) is 5.43. The normalized spacial score (nSPS) is 10.4. The minimum absolute atomic E-state index is 0.120. The molecule has 0 saturated heterocycles. The van der Waals surface area contributed by atoms with Gasteiger partial charge in [-0.1, -0.05) is 12.1 Å². The number of nitrogens with zero attached hydrogens (tertiary/aromatic N) is 3. The largest absolute Gasteiger partial charge is 0.480 e. The number of carbonyl (C=O) groups is 1. The zero-order valence-corrected chi connectivity index (χ0v) is 10.7. The number of aromatic nitrogens is 2. The van der Waals surface area contributed by atoms with Gasteiger partial charge in [-0.3, -0.25) is 9.48 Å². The van der Waals surface area contributed by atoms with E-state index in [0.717, 1.165) is 5.69 Å². The lowest BCUT2D eigenvalue weighted by atomic mass is 10.2. The van der Waals surface area contributed by atoms with Crippen LogP contribution in [-0.4, -0.2) is 27.4 Å². The lowest BCUT2D eigenvalue weighted by molar-refractivity contribution is -0.135. The number of hydrogen-bond acceptors (Lipinski definition) is 4. The number of nitrogen functional groups attached to an aromatic ring is 1. The van der Waals surface area contributed by atoms with Crippen LogP contribution in [0.4, 0.5) is 11.4 Å². The second-order valence-corrected chi connectivity index (χ2v) is 4.29. The molecule has 0 aliphatic heterocycles. The van der Waals surface area contributed by atoms with Gasteiger partial charge in [0.05, 0.1) is 23.6 Å². The molecule has 1 aromatic carbocycles. The highest BCUT2D eigenvalue weighted by molar-refractivity contribution is 5.77. The summed E-state index contributed by atoms with van der Waals surface area (Å²) in [5.41, 5.74) is 7.95. The lowest BCUT2D eigenvalue weighted by Crippen LogP contribution is -2.30. The number of carboxylic acids is 1. The molecule has 6 heteroatoms. The van der Waals surface area contributed by atoms with Crippen LogP contribution in [0.1, 0.15) is 5.69 Å². The first-order chi connectivity index (χ1) is 9.06. The zero-order chi connectivity index (χ0) is 13.8. The molecule has 100 valence electrons. The molecule has 1 aromatic heterocycles. The third-order valence-electron chi connectivity index (χ3n) is 2.73. The fraction of sp³-hybridized carbons (Fsp3) is 0.231. The van der Waals surface area contributed by atoms with Crippen LogP contribution >= 0.6 is 0 Å². The number of aliphatic carboxylic acids is 1. The zero-order valence-electron chi connectivity index (χ0n) is 10.7. The molecule has 0 spiro atoms. The first-order valence-electron chi connectivity index (χ1n) is 5.86. The van der Waals surface area contributed by atoms with E-state index >= 15 is 0 Å². The summed E-state index contributed by atoms with van der Waals surface area (Å²) in [6.45, 7) is 0.284. The summed E-state index contributed by atoms with van der Waals surface area (Å²) >= 11 is 0. The van der Waals surface area contributed by atoms with E-state index in [1.807, 2.05) is 31.4 Å². The summed E-state index contributed by atoms with van der Waals surface area (Å²) < 4.78 is 1.68. The highest BCUT2D eigenvalue weighted by atomic mass is 16.4. The first-order valence-corrected chi connectivity index (χ1v) is 5.86. The van der Waals surface area contributed by atoms with Crippen molar-refractivity contribution >= 4 is 17.3 Å². The van der Waals surface area contributed by atoms with E-state index < -0.39 is 5.97 Å². The Labute approximate surface area is 111 Å². The molecule has 0 saturated carbocycles. The number of hydrogen-bond donors (Lipinski definition) is 2. The molecule has 2 aromatic rings. The van der Waals surface area contributed by atoms with E-state index in [0.29, 0.717) is 17.9 Å². The van der Waals surface area contributed by atoms with Crippen molar-refractivity contribution in [3.63, 3.8) is 0 Å². The van der Waals surface area contributed by atoms with Crippen LogP contribution in [0.2, 0.25) is 0 Å². The molecule has 0 radical (unpaired) electrons. The Kier molecular flexibility index (Phi) is 3.70. The molecule has 6 nitrogen and oxygen atoms in total. The molecule has 2 rings (SSSR count). The van der Waals surface area contributed by atoms with E-state index in [4.69, 9.17) is 10.8 Å². The van der Waals surface area contributed by atoms with E-state index in [2.05, 4.69) is 5.10 Å². The molecule has 0 amide bonds. The van der Waals surface area contributed by atoms with Crippen molar-refractivity contribution in [1.82, 2.24) is 9.78 Å². The van der Waals surface area contributed by atoms with Crippen molar-refractivity contribution in [1.29, 1.82) is 0 Å². The van der Waals surface area contributed by atoms with Crippen molar-refractivity contribution < 1.29 is 9.90 Å². The molecule has 0 fully saturated rings. The molecule has 0 aliphatic rings. The van der Waals surface area contributed by atoms with Gasteiger partial charge in [-0.2, -0.15) is 5.10 Å². The Hall–Kier alpha value is -2.50. The van der Waals surface area contributed by atoms with Crippen LogP contribution in [-0.2, 0) is 18.4 Å². The van der Waals surface area contributed by atoms with Crippen molar-refractivity contribution in [2.24, 2.45) is 7.05 Å². The first kappa shape index (κ1) is 12.9. The summed E-state index contributed by atoms with van der Waals surface area (Å²) in [6.07, 6.45) is 1.82. The number of carboxylic acid groups (broad SMARTS) is 1. The van der Waals surface area contributed by atoms with Crippen molar-refractivity contribution in [3.8, 4) is 0 Å². The number of nitrogens with two attached hydrogens (primary N) is 1. The Morgan fingerprint density at radius 2 is 2.16 bits per heavy atom. The fourth-order valence-corrected chi connectivity index (χ4v) is 1.91. The van der Waals surface area contributed by atoms with Crippen LogP contribution in [0, 0.1) is 0 Å². The molecule has 1 heterocycles. The smallest absolute Gasteiger partial charge is 0.323 e. The van der Waals surface area contributed by atoms with Crippen LogP contribution in [0.5, 0.6) is 0 Å². The number of benzene rings is 1. The summed E-state index contributed by atoms with van der Waals surface area (Å²) in [4.78, 5) is 12.7. The van der Waals surface area contributed by atoms with Gasteiger partial charge in [0.2, 0.25) is 0 Å². The molecular formula is C13H16N4O2. The van der Waals surface area contributed by atoms with E-state index in [1.165, 1.54) is 0 Å². The molecule has 0 bridgehead atoms. The molecular weight excluding hydrogens is 244 g/mol. The van der Waals surface area contributed by atoms with Gasteiger partial charge >= 0.3 is 5.97 Å². The van der Waals surface area contributed by atoms with Crippen LogP contribution in [0.3, 0.4) is 0 Å². The number of para-hydroxylation sites is 2. The summed E-state index contributed by atoms with van der Waals surface area (Å²) in [6, 6.07) is 9.06. The summed E-state index contributed by atoms with van der Waals surface area (Å²) in [5, 5.41) is 13.3. The van der Waals surface area contributed by atoms with Gasteiger partial charge in [0, 0.05) is 13.2 Å². The average molecular weight is 260 g/mol. The second-order valence-electron chi connectivity index (χ2n) is 4.29. The Morgan fingerprint density at radius 3 is 2.74 bits per heavy atom. The molecule has 0 unspecified atom stereocenters. The van der Waals surface area contributed by atoms with Crippen molar-refractivity contribution in [2.75, 3.05) is 17.2 Å².